The fraction of sp³-hybridized carbons (Fsp3) is 0.848. The third-order valence-corrected chi connectivity index (χ3v) is 13.1. The molecule has 5 nitrogen and oxygen atoms in total. The smallest absolute Gasteiger partial charge is 0.246 e. The van der Waals surface area contributed by atoms with Crippen LogP contribution in [0.3, 0.4) is 0 Å². The van der Waals surface area contributed by atoms with Crippen LogP contribution in [0.15, 0.2) is 12.2 Å². The van der Waals surface area contributed by atoms with Gasteiger partial charge in [-0.3, -0.25) is 14.5 Å². The molecule has 6 aliphatic rings. The Morgan fingerprint density at radius 1 is 0.923 bits per heavy atom. The van der Waals surface area contributed by atoms with Gasteiger partial charge in [-0.1, -0.05) is 58.4 Å². The van der Waals surface area contributed by atoms with Crippen LogP contribution in [0.4, 0.5) is 0 Å². The molecule has 0 aromatic carbocycles. The number of fused-ring (bicyclic) bond motifs is 5. The minimum atomic E-state index is 0.0502. The van der Waals surface area contributed by atoms with Crippen LogP contribution in [0.2, 0.25) is 0 Å². The molecule has 0 saturated heterocycles. The number of thiocarbonyl (C=S) groups is 1. The average Bonchev–Trinajstić information content (AvgIpc) is 3.29. The zero-order valence-electron chi connectivity index (χ0n) is 24.6. The van der Waals surface area contributed by atoms with E-state index in [9.17, 15) is 9.59 Å². The predicted octanol–water partition coefficient (Wildman–Crippen LogP) is 6.61. The Kier molecular flexibility index (Phi) is 7.65. The molecule has 6 rings (SSSR count). The molecule has 0 aromatic heterocycles. The molecule has 1 heterocycles. The van der Waals surface area contributed by atoms with Crippen molar-refractivity contribution in [1.82, 2.24) is 15.1 Å². The van der Waals surface area contributed by atoms with E-state index in [1.54, 1.807) is 0 Å². The van der Waals surface area contributed by atoms with Gasteiger partial charge in [-0.05, 0) is 106 Å². The molecule has 0 bridgehead atoms. The maximum absolute atomic E-state index is 14.7. The standard InChI is InChI=1S/C33H51N3O2S/c1-32-20-18-26-24(14-17-28-33(26,2)21-19-29(37)35(28)3)25(32)15-16-27(32)30(38)36(23-12-8-5-9-13-23)31(39)34-22-10-6-4-7-11-22/h19,21-28H,4-18,20H2,1-3H3,(H,34,39)/t24-,25-,26-,27+,28+,32-,33+/m0/s1. The lowest BCUT2D eigenvalue weighted by molar-refractivity contribution is -0.146. The number of likely N-dealkylation sites (N-methyl/N-ethyl adjacent to an activating group) is 1. The van der Waals surface area contributed by atoms with E-state index in [1.807, 2.05) is 18.0 Å². The van der Waals surface area contributed by atoms with Gasteiger partial charge in [0.15, 0.2) is 5.11 Å². The van der Waals surface area contributed by atoms with Crippen molar-refractivity contribution < 1.29 is 9.59 Å². The molecule has 1 aliphatic heterocycles. The van der Waals surface area contributed by atoms with Crippen molar-refractivity contribution >= 4 is 29.1 Å². The van der Waals surface area contributed by atoms with E-state index in [1.165, 1.54) is 57.8 Å². The number of carbonyl (C=O) groups is 2. The molecule has 6 heteroatoms. The number of rotatable bonds is 3. The number of hydrogen-bond acceptors (Lipinski definition) is 3. The Morgan fingerprint density at radius 2 is 1.62 bits per heavy atom. The molecule has 39 heavy (non-hydrogen) atoms. The molecule has 7 atom stereocenters. The lowest BCUT2D eigenvalue weighted by atomic mass is 9.47. The highest BCUT2D eigenvalue weighted by atomic mass is 32.1. The minimum Gasteiger partial charge on any atom is -0.359 e. The number of nitrogens with zero attached hydrogens (tertiary/aromatic N) is 2. The Labute approximate surface area is 241 Å². The lowest BCUT2D eigenvalue weighted by Gasteiger charge is -2.60. The Hall–Kier alpha value is -1.43. The molecule has 2 amide bonds. The summed E-state index contributed by atoms with van der Waals surface area (Å²) in [5.74, 6) is 2.40. The Balaban J connectivity index is 1.23. The predicted molar refractivity (Wildman–Crippen MR) is 160 cm³/mol. The quantitative estimate of drug-likeness (QED) is 0.400. The molecule has 0 aromatic rings. The second-order valence-electron chi connectivity index (χ2n) is 14.6. The highest BCUT2D eigenvalue weighted by Gasteiger charge is 2.62. The SMILES string of the molecule is CN1C(=O)C=C[C@]2(C)[C@H]3CC[C@]4(C)[C@@H](C(=O)N(C(=S)NC5CCCCC5)C5CCCCC5)CC[C@H]4[C@@H]3CC[C@@H]12. The van der Waals surface area contributed by atoms with E-state index in [0.717, 1.165) is 50.1 Å². The average molecular weight is 554 g/mol. The zero-order chi connectivity index (χ0) is 27.4. The van der Waals surface area contributed by atoms with E-state index in [-0.39, 0.29) is 28.7 Å². The van der Waals surface area contributed by atoms with Gasteiger partial charge in [0.05, 0.1) is 0 Å². The normalized spacial score (nSPS) is 40.9. The maximum Gasteiger partial charge on any atom is 0.246 e. The Morgan fingerprint density at radius 3 is 2.33 bits per heavy atom. The lowest BCUT2D eigenvalue weighted by Crippen LogP contribution is -2.60. The van der Waals surface area contributed by atoms with Crippen molar-refractivity contribution in [3.05, 3.63) is 12.2 Å². The molecule has 0 unspecified atom stereocenters. The van der Waals surface area contributed by atoms with Gasteiger partial charge in [0.25, 0.3) is 0 Å². The molecule has 1 N–H and O–H groups in total. The molecular formula is C33H51N3O2S. The van der Waals surface area contributed by atoms with Gasteiger partial charge in [-0.2, -0.15) is 0 Å². The third kappa shape index (κ3) is 4.69. The fourth-order valence-electron chi connectivity index (χ4n) is 10.6. The van der Waals surface area contributed by atoms with Crippen LogP contribution >= 0.6 is 12.2 Å². The summed E-state index contributed by atoms with van der Waals surface area (Å²) >= 11 is 6.08. The monoisotopic (exact) mass is 553 g/mol. The van der Waals surface area contributed by atoms with Gasteiger partial charge in [-0.25, -0.2) is 0 Å². The highest BCUT2D eigenvalue weighted by Crippen LogP contribution is 2.65. The fourth-order valence-corrected chi connectivity index (χ4v) is 11.0. The summed E-state index contributed by atoms with van der Waals surface area (Å²) in [4.78, 5) is 31.2. The van der Waals surface area contributed by atoms with Crippen LogP contribution in [-0.4, -0.2) is 51.9 Å². The van der Waals surface area contributed by atoms with Crippen molar-refractivity contribution in [3.63, 3.8) is 0 Å². The van der Waals surface area contributed by atoms with Gasteiger partial charge in [0, 0.05) is 36.5 Å². The largest absolute Gasteiger partial charge is 0.359 e. The molecule has 0 radical (unpaired) electrons. The van der Waals surface area contributed by atoms with Crippen LogP contribution in [0.25, 0.3) is 0 Å². The summed E-state index contributed by atoms with van der Waals surface area (Å²) in [6.45, 7) is 4.87. The van der Waals surface area contributed by atoms with Gasteiger partial charge in [0.1, 0.15) is 0 Å². The summed E-state index contributed by atoms with van der Waals surface area (Å²) in [6, 6.07) is 1.00. The van der Waals surface area contributed by atoms with Crippen LogP contribution in [-0.2, 0) is 9.59 Å². The van der Waals surface area contributed by atoms with Crippen LogP contribution in [0, 0.1) is 34.5 Å². The van der Waals surface area contributed by atoms with Gasteiger partial charge >= 0.3 is 0 Å². The highest BCUT2D eigenvalue weighted by molar-refractivity contribution is 7.80. The topological polar surface area (TPSA) is 52.7 Å². The molecular weight excluding hydrogens is 502 g/mol. The van der Waals surface area contributed by atoms with Gasteiger partial charge in [0.2, 0.25) is 11.8 Å². The van der Waals surface area contributed by atoms with Gasteiger partial charge in [-0.15, -0.1) is 0 Å². The summed E-state index contributed by atoms with van der Waals surface area (Å²) in [7, 11) is 2.00. The second-order valence-corrected chi connectivity index (χ2v) is 15.0. The summed E-state index contributed by atoms with van der Waals surface area (Å²) < 4.78 is 0. The van der Waals surface area contributed by atoms with E-state index < -0.39 is 0 Å². The van der Waals surface area contributed by atoms with E-state index in [2.05, 4.69) is 30.1 Å². The number of carbonyl (C=O) groups excluding carboxylic acids is 2. The number of amides is 2. The zero-order valence-corrected chi connectivity index (χ0v) is 25.4. The van der Waals surface area contributed by atoms with E-state index in [4.69, 9.17) is 12.2 Å². The van der Waals surface area contributed by atoms with E-state index >= 15 is 0 Å². The summed E-state index contributed by atoms with van der Waals surface area (Å²) in [6.07, 6.45) is 22.9. The minimum absolute atomic E-state index is 0.0502. The van der Waals surface area contributed by atoms with Crippen LogP contribution in [0.5, 0.6) is 0 Å². The maximum atomic E-state index is 14.7. The molecule has 5 fully saturated rings. The van der Waals surface area contributed by atoms with Gasteiger partial charge < -0.3 is 10.2 Å². The first-order chi connectivity index (χ1) is 18.7. The summed E-state index contributed by atoms with van der Waals surface area (Å²) in [5, 5.41) is 4.42. The second kappa shape index (κ2) is 10.8. The molecule has 5 saturated carbocycles. The van der Waals surface area contributed by atoms with Crippen molar-refractivity contribution in [2.24, 2.45) is 34.5 Å². The van der Waals surface area contributed by atoms with Crippen molar-refractivity contribution in [1.29, 1.82) is 0 Å². The first kappa shape index (κ1) is 27.7. The van der Waals surface area contributed by atoms with E-state index in [0.29, 0.717) is 35.7 Å². The van der Waals surface area contributed by atoms with Crippen LogP contribution in [0.1, 0.15) is 117 Å². The van der Waals surface area contributed by atoms with Crippen molar-refractivity contribution in [3.8, 4) is 0 Å². The first-order valence-electron chi connectivity index (χ1n) is 16.3. The van der Waals surface area contributed by atoms with Crippen molar-refractivity contribution in [2.75, 3.05) is 7.05 Å². The molecule has 216 valence electrons. The van der Waals surface area contributed by atoms with Crippen LogP contribution < -0.4 is 5.32 Å². The Bertz CT molecular complexity index is 1000. The van der Waals surface area contributed by atoms with Crippen molar-refractivity contribution in [2.45, 2.75) is 135 Å². The summed E-state index contributed by atoms with van der Waals surface area (Å²) in [5.41, 5.74) is 0.101. The number of nitrogens with one attached hydrogen (secondary N) is 1. The first-order valence-corrected chi connectivity index (χ1v) is 16.7. The molecule has 0 spiro atoms. The third-order valence-electron chi connectivity index (χ3n) is 12.8. The molecule has 5 aliphatic carbocycles. The number of hydrogen-bond donors (Lipinski definition) is 1.